The van der Waals surface area contributed by atoms with Crippen molar-refractivity contribution < 1.29 is 14.3 Å². The van der Waals surface area contributed by atoms with Crippen molar-refractivity contribution >= 4 is 30.7 Å². The van der Waals surface area contributed by atoms with Gasteiger partial charge in [-0.25, -0.2) is 0 Å². The molecule has 0 aliphatic carbocycles. The second kappa shape index (κ2) is 9.39. The third kappa shape index (κ3) is 4.71. The zero-order valence-electron chi connectivity index (χ0n) is 13.9. The molecule has 0 bridgehead atoms. The standard InChI is InChI=1S/C15H27N3O3.2ClH/c1-11-9-18(10-13(11)17-4-7-20-8-5-17)15(19)14-12(2)21-6-3-16-14;;/h11-14,16H,3-10H2,1-2H3;2*1H/t11?,12-,13?,14+;;/m1../s1. The van der Waals surface area contributed by atoms with Crippen LogP contribution in [0.25, 0.3) is 0 Å². The van der Waals surface area contributed by atoms with Crippen molar-refractivity contribution in [3.63, 3.8) is 0 Å². The highest BCUT2D eigenvalue weighted by atomic mass is 35.5. The predicted molar refractivity (Wildman–Crippen MR) is 93.6 cm³/mol. The topological polar surface area (TPSA) is 54.0 Å². The molecule has 0 aromatic rings. The van der Waals surface area contributed by atoms with E-state index in [-0.39, 0.29) is 42.9 Å². The van der Waals surface area contributed by atoms with Gasteiger partial charge in [0.15, 0.2) is 0 Å². The number of halogens is 2. The number of amides is 1. The lowest BCUT2D eigenvalue weighted by molar-refractivity contribution is -0.138. The minimum Gasteiger partial charge on any atom is -0.379 e. The summed E-state index contributed by atoms with van der Waals surface area (Å²) in [6.45, 7) is 11.0. The number of nitrogens with zero attached hydrogens (tertiary/aromatic N) is 2. The van der Waals surface area contributed by atoms with Crippen molar-refractivity contribution in [2.75, 3.05) is 52.5 Å². The Morgan fingerprint density at radius 1 is 1.09 bits per heavy atom. The highest BCUT2D eigenvalue weighted by Crippen LogP contribution is 2.24. The molecule has 23 heavy (non-hydrogen) atoms. The maximum atomic E-state index is 12.7. The van der Waals surface area contributed by atoms with Crippen molar-refractivity contribution in [1.82, 2.24) is 15.1 Å². The summed E-state index contributed by atoms with van der Waals surface area (Å²) in [5, 5.41) is 3.30. The average molecular weight is 370 g/mol. The van der Waals surface area contributed by atoms with Crippen LogP contribution in [0.15, 0.2) is 0 Å². The molecular weight excluding hydrogens is 341 g/mol. The summed E-state index contributed by atoms with van der Waals surface area (Å²) in [7, 11) is 0. The molecule has 3 heterocycles. The number of ether oxygens (including phenoxy) is 2. The fourth-order valence-corrected chi connectivity index (χ4v) is 3.72. The molecule has 3 aliphatic heterocycles. The van der Waals surface area contributed by atoms with Gasteiger partial charge >= 0.3 is 0 Å². The lowest BCUT2D eigenvalue weighted by Gasteiger charge is -2.34. The van der Waals surface area contributed by atoms with E-state index in [4.69, 9.17) is 9.47 Å². The Labute approximate surface area is 151 Å². The largest absolute Gasteiger partial charge is 0.379 e. The van der Waals surface area contributed by atoms with E-state index in [2.05, 4.69) is 17.1 Å². The first-order chi connectivity index (χ1) is 10.2. The Bertz CT molecular complexity index is 383. The smallest absolute Gasteiger partial charge is 0.242 e. The normalized spacial score (nSPS) is 35.3. The van der Waals surface area contributed by atoms with Crippen LogP contribution in [0, 0.1) is 5.92 Å². The quantitative estimate of drug-likeness (QED) is 0.762. The van der Waals surface area contributed by atoms with Gasteiger partial charge in [0.25, 0.3) is 0 Å². The van der Waals surface area contributed by atoms with E-state index in [0.717, 1.165) is 45.9 Å². The van der Waals surface area contributed by atoms with Gasteiger partial charge in [-0.05, 0) is 12.8 Å². The van der Waals surface area contributed by atoms with Gasteiger partial charge in [0.2, 0.25) is 5.91 Å². The number of likely N-dealkylation sites (tertiary alicyclic amines) is 1. The highest BCUT2D eigenvalue weighted by molar-refractivity contribution is 5.85. The van der Waals surface area contributed by atoms with Gasteiger partial charge in [-0.3, -0.25) is 9.69 Å². The fourth-order valence-electron chi connectivity index (χ4n) is 3.72. The van der Waals surface area contributed by atoms with Gasteiger partial charge in [0.1, 0.15) is 6.04 Å². The SMILES string of the molecule is CC1CN(C(=O)[C@H]2NCCO[C@@H]2C)CC1N1CCOCC1.Cl.Cl. The maximum Gasteiger partial charge on any atom is 0.242 e. The van der Waals surface area contributed by atoms with Crippen molar-refractivity contribution in [2.24, 2.45) is 5.92 Å². The number of carbonyl (C=O) groups excluding carboxylic acids is 1. The van der Waals surface area contributed by atoms with Crippen LogP contribution in [0.4, 0.5) is 0 Å². The first kappa shape index (κ1) is 20.9. The molecule has 1 N–H and O–H groups in total. The zero-order chi connectivity index (χ0) is 14.8. The highest BCUT2D eigenvalue weighted by Gasteiger charge is 2.40. The van der Waals surface area contributed by atoms with E-state index in [1.54, 1.807) is 0 Å². The van der Waals surface area contributed by atoms with Crippen LogP contribution < -0.4 is 5.32 Å². The van der Waals surface area contributed by atoms with E-state index >= 15 is 0 Å². The van der Waals surface area contributed by atoms with E-state index in [9.17, 15) is 4.79 Å². The Balaban J connectivity index is 0.00000132. The maximum absolute atomic E-state index is 12.7. The average Bonchev–Trinajstić information content (AvgIpc) is 2.90. The summed E-state index contributed by atoms with van der Waals surface area (Å²) in [6, 6.07) is 0.284. The number of nitrogens with one attached hydrogen (secondary N) is 1. The fraction of sp³-hybridized carbons (Fsp3) is 0.933. The summed E-state index contributed by atoms with van der Waals surface area (Å²) in [4.78, 5) is 17.2. The Morgan fingerprint density at radius 3 is 2.43 bits per heavy atom. The lowest BCUT2D eigenvalue weighted by atomic mass is 10.0. The van der Waals surface area contributed by atoms with Gasteiger partial charge in [0, 0.05) is 38.8 Å². The van der Waals surface area contributed by atoms with E-state index < -0.39 is 0 Å². The molecule has 1 amide bonds. The zero-order valence-corrected chi connectivity index (χ0v) is 15.5. The van der Waals surface area contributed by atoms with Crippen LogP contribution in [-0.2, 0) is 14.3 Å². The third-order valence-corrected chi connectivity index (χ3v) is 4.98. The Hall–Kier alpha value is -0.110. The van der Waals surface area contributed by atoms with Gasteiger partial charge in [0.05, 0.1) is 25.9 Å². The van der Waals surface area contributed by atoms with Crippen molar-refractivity contribution in [3.05, 3.63) is 0 Å². The van der Waals surface area contributed by atoms with Gasteiger partial charge in [-0.2, -0.15) is 0 Å². The molecule has 6 nitrogen and oxygen atoms in total. The lowest BCUT2D eigenvalue weighted by Crippen LogP contribution is -2.56. The van der Waals surface area contributed by atoms with E-state index in [1.807, 2.05) is 11.8 Å². The minimum absolute atomic E-state index is 0. The molecule has 0 saturated carbocycles. The molecule has 0 aromatic carbocycles. The summed E-state index contributed by atoms with van der Waals surface area (Å²) in [6.07, 6.45) is -0.0380. The summed E-state index contributed by atoms with van der Waals surface area (Å²) >= 11 is 0. The molecule has 3 rings (SSSR count). The molecule has 2 unspecified atom stereocenters. The molecule has 3 fully saturated rings. The van der Waals surface area contributed by atoms with Crippen molar-refractivity contribution in [1.29, 1.82) is 0 Å². The van der Waals surface area contributed by atoms with Crippen LogP contribution in [0.3, 0.4) is 0 Å². The molecule has 136 valence electrons. The minimum atomic E-state index is -0.186. The van der Waals surface area contributed by atoms with Crippen LogP contribution in [0.2, 0.25) is 0 Å². The molecule has 0 radical (unpaired) electrons. The summed E-state index contributed by atoms with van der Waals surface area (Å²) in [5.41, 5.74) is 0. The number of hydrogen-bond acceptors (Lipinski definition) is 5. The number of morpholine rings is 2. The number of hydrogen-bond donors (Lipinski definition) is 1. The number of rotatable bonds is 2. The second-order valence-corrected chi connectivity index (χ2v) is 6.44. The second-order valence-electron chi connectivity index (χ2n) is 6.44. The van der Waals surface area contributed by atoms with E-state index in [1.165, 1.54) is 0 Å². The van der Waals surface area contributed by atoms with Crippen molar-refractivity contribution in [3.8, 4) is 0 Å². The van der Waals surface area contributed by atoms with Crippen LogP contribution >= 0.6 is 24.8 Å². The predicted octanol–water partition coefficient (Wildman–Crippen LogP) is 0.386. The van der Waals surface area contributed by atoms with Gasteiger partial charge in [-0.15, -0.1) is 24.8 Å². The molecule has 0 aromatic heterocycles. The molecule has 0 spiro atoms. The third-order valence-electron chi connectivity index (χ3n) is 4.98. The molecule has 8 heteroatoms. The summed E-state index contributed by atoms with van der Waals surface area (Å²) in [5.74, 6) is 0.719. The van der Waals surface area contributed by atoms with Crippen LogP contribution in [0.1, 0.15) is 13.8 Å². The number of carbonyl (C=O) groups is 1. The molecule has 4 atom stereocenters. The molecule has 3 saturated heterocycles. The Kier molecular flexibility index (Phi) is 8.55. The van der Waals surface area contributed by atoms with Crippen LogP contribution in [-0.4, -0.2) is 86.4 Å². The summed E-state index contributed by atoms with van der Waals surface area (Å²) < 4.78 is 11.0. The van der Waals surface area contributed by atoms with Gasteiger partial charge in [-0.1, -0.05) is 6.92 Å². The van der Waals surface area contributed by atoms with Gasteiger partial charge < -0.3 is 19.7 Å². The first-order valence-corrected chi connectivity index (χ1v) is 8.12. The molecular formula is C15H29Cl2N3O3. The first-order valence-electron chi connectivity index (χ1n) is 8.12. The van der Waals surface area contributed by atoms with E-state index in [0.29, 0.717) is 18.6 Å². The van der Waals surface area contributed by atoms with Crippen LogP contribution in [0.5, 0.6) is 0 Å². The molecule has 3 aliphatic rings. The monoisotopic (exact) mass is 369 g/mol. The van der Waals surface area contributed by atoms with Crippen molar-refractivity contribution in [2.45, 2.75) is 32.0 Å². The Morgan fingerprint density at radius 2 is 1.78 bits per heavy atom.